The molecule has 130 valence electrons. The Hall–Kier alpha value is -2.25. The predicted molar refractivity (Wildman–Crippen MR) is 80.4 cm³/mol. The number of alkyl halides is 5. The maximum absolute atomic E-state index is 13.8. The Morgan fingerprint density at radius 3 is 2.50 bits per heavy atom. The third-order valence-corrected chi connectivity index (χ3v) is 3.43. The summed E-state index contributed by atoms with van der Waals surface area (Å²) in [5.74, 6) is -5.80. The fourth-order valence-corrected chi connectivity index (χ4v) is 2.16. The number of hydrogen-bond acceptors (Lipinski definition) is 2. The van der Waals surface area contributed by atoms with Crippen LogP contribution in [-0.2, 0) is 4.79 Å². The number of carbonyl (C=O) groups excluding carboxylic acids is 1. The minimum absolute atomic E-state index is 0.0327. The van der Waals surface area contributed by atoms with Crippen molar-refractivity contribution in [3.05, 3.63) is 35.4 Å². The second-order valence-electron chi connectivity index (χ2n) is 5.29. The normalized spacial score (nSPS) is 15.1. The third-order valence-electron chi connectivity index (χ3n) is 3.43. The molecule has 0 spiro atoms. The van der Waals surface area contributed by atoms with Crippen molar-refractivity contribution >= 4 is 23.4 Å². The van der Waals surface area contributed by atoms with Gasteiger partial charge in [0.2, 0.25) is 5.91 Å². The van der Waals surface area contributed by atoms with E-state index < -0.39 is 30.1 Å². The van der Waals surface area contributed by atoms with Gasteiger partial charge in [0.25, 0.3) is 0 Å². The molecule has 0 fully saturated rings. The second kappa shape index (κ2) is 6.70. The molecule has 1 heterocycles. The van der Waals surface area contributed by atoms with Gasteiger partial charge in [-0.15, -0.1) is 0 Å². The smallest absolute Gasteiger partial charge is 0.352 e. The monoisotopic (exact) mass is 346 g/mol. The van der Waals surface area contributed by atoms with Gasteiger partial charge in [-0.05, 0) is 18.6 Å². The first-order chi connectivity index (χ1) is 11.2. The van der Waals surface area contributed by atoms with Crippen LogP contribution in [0, 0.1) is 0 Å². The number of aliphatic imine (C=N–C) groups is 1. The van der Waals surface area contributed by atoms with Crippen LogP contribution in [0.3, 0.4) is 0 Å². The highest BCUT2D eigenvalue weighted by molar-refractivity contribution is 6.08. The maximum atomic E-state index is 13.8. The maximum Gasteiger partial charge on any atom is 0.459 e. The van der Waals surface area contributed by atoms with E-state index in [0.29, 0.717) is 18.5 Å². The first-order valence-corrected chi connectivity index (χ1v) is 7.27. The lowest BCUT2D eigenvalue weighted by Gasteiger charge is -2.21. The van der Waals surface area contributed by atoms with Crippen LogP contribution in [0.15, 0.2) is 34.8 Å². The Morgan fingerprint density at radius 1 is 1.21 bits per heavy atom. The highest BCUT2D eigenvalue weighted by Gasteiger charge is 2.61. The van der Waals surface area contributed by atoms with Crippen LogP contribution in [0.4, 0.5) is 27.6 Å². The summed E-state index contributed by atoms with van der Waals surface area (Å²) in [6.45, 7) is 2.09. The van der Waals surface area contributed by atoms with Gasteiger partial charge in [-0.2, -0.15) is 22.0 Å². The summed E-state index contributed by atoms with van der Waals surface area (Å²) in [5.41, 5.74) is -1.30. The van der Waals surface area contributed by atoms with E-state index in [1.807, 2.05) is 0 Å². The van der Waals surface area contributed by atoms with Crippen molar-refractivity contribution in [3.8, 4) is 0 Å². The zero-order valence-corrected chi connectivity index (χ0v) is 12.8. The van der Waals surface area contributed by atoms with E-state index in [4.69, 9.17) is 0 Å². The summed E-state index contributed by atoms with van der Waals surface area (Å²) < 4.78 is 65.6. The molecule has 1 aromatic rings. The average Bonchev–Trinajstić information content (AvgIpc) is 2.71. The van der Waals surface area contributed by atoms with Gasteiger partial charge >= 0.3 is 12.1 Å². The minimum atomic E-state index is -5.78. The molecule has 0 unspecified atom stereocenters. The van der Waals surface area contributed by atoms with E-state index in [1.165, 1.54) is 24.3 Å². The summed E-state index contributed by atoms with van der Waals surface area (Å²) in [4.78, 5) is 15.6. The first-order valence-electron chi connectivity index (χ1n) is 7.27. The number of rotatable bonds is 4. The van der Waals surface area contributed by atoms with E-state index in [-0.39, 0.29) is 11.3 Å². The fraction of sp³-hybridized carbons (Fsp3) is 0.375. The molecule has 0 saturated heterocycles. The van der Waals surface area contributed by atoms with Crippen LogP contribution >= 0.6 is 0 Å². The van der Waals surface area contributed by atoms with Crippen LogP contribution in [0.1, 0.15) is 25.3 Å². The number of benzene rings is 1. The lowest BCUT2D eigenvalue weighted by Crippen LogP contribution is -2.44. The number of fused-ring (bicyclic) bond motifs is 1. The molecule has 0 aromatic heterocycles. The van der Waals surface area contributed by atoms with Gasteiger partial charge in [0.15, 0.2) is 0 Å². The van der Waals surface area contributed by atoms with Gasteiger partial charge < -0.3 is 5.32 Å². The van der Waals surface area contributed by atoms with Crippen LogP contribution < -0.4 is 5.32 Å². The molecule has 0 atom stereocenters. The zero-order chi connectivity index (χ0) is 18.0. The van der Waals surface area contributed by atoms with Crippen molar-refractivity contribution in [1.82, 2.24) is 5.32 Å². The zero-order valence-electron chi connectivity index (χ0n) is 12.8. The lowest BCUT2D eigenvalue weighted by molar-refractivity contribution is -0.249. The number of amides is 1. The number of hydrogen-bond donors (Lipinski definition) is 1. The number of para-hydroxylation sites is 1. The Kier molecular flexibility index (Phi) is 5.05. The molecule has 0 radical (unpaired) electrons. The van der Waals surface area contributed by atoms with Crippen molar-refractivity contribution in [1.29, 1.82) is 0 Å². The van der Waals surface area contributed by atoms with Crippen molar-refractivity contribution in [2.75, 3.05) is 6.54 Å². The van der Waals surface area contributed by atoms with E-state index in [9.17, 15) is 26.7 Å². The van der Waals surface area contributed by atoms with Gasteiger partial charge in [0, 0.05) is 24.1 Å². The summed E-state index contributed by atoms with van der Waals surface area (Å²) in [7, 11) is 0. The number of carbonyl (C=O) groups is 1. The lowest BCUT2D eigenvalue weighted by atomic mass is 10.0. The predicted octanol–water partition coefficient (Wildman–Crippen LogP) is 4.27. The molecule has 0 aliphatic carbocycles. The molecule has 2 rings (SSSR count). The molecule has 0 bridgehead atoms. The Bertz CT molecular complexity index is 692. The molecule has 24 heavy (non-hydrogen) atoms. The minimum Gasteiger partial charge on any atom is -0.352 e. The van der Waals surface area contributed by atoms with Crippen LogP contribution in [0.25, 0.3) is 6.08 Å². The molecule has 1 amide bonds. The van der Waals surface area contributed by atoms with Gasteiger partial charge in [-0.25, -0.2) is 0 Å². The molecule has 3 nitrogen and oxygen atoms in total. The largest absolute Gasteiger partial charge is 0.459 e. The van der Waals surface area contributed by atoms with Crippen molar-refractivity contribution < 1.29 is 26.7 Å². The quantitative estimate of drug-likeness (QED) is 0.813. The van der Waals surface area contributed by atoms with Crippen LogP contribution in [0.5, 0.6) is 0 Å². The van der Waals surface area contributed by atoms with Crippen LogP contribution in [0.2, 0.25) is 0 Å². The number of nitrogens with zero attached hydrogens (tertiary/aromatic N) is 1. The standard InChI is InChI=1S/C16H15F5N2O/c1-2-7-22-14(24)11-8-10-5-3-4-6-12(10)23-13(9-11)15(17,18)16(19,20)21/h3-6,8H,2,7,9H2,1H3,(H,22,24). The van der Waals surface area contributed by atoms with Crippen molar-refractivity contribution in [2.45, 2.75) is 31.9 Å². The van der Waals surface area contributed by atoms with E-state index in [2.05, 4.69) is 10.3 Å². The van der Waals surface area contributed by atoms with Gasteiger partial charge in [0.05, 0.1) is 5.69 Å². The molecule has 8 heteroatoms. The topological polar surface area (TPSA) is 41.5 Å². The Balaban J connectivity index is 2.50. The summed E-state index contributed by atoms with van der Waals surface area (Å²) in [6, 6.07) is 5.88. The SMILES string of the molecule is CCCNC(=O)C1=Cc2ccccc2N=C(C(F)(F)C(F)(F)F)C1. The van der Waals surface area contributed by atoms with Crippen molar-refractivity contribution in [2.24, 2.45) is 4.99 Å². The second-order valence-corrected chi connectivity index (χ2v) is 5.29. The van der Waals surface area contributed by atoms with Gasteiger partial charge in [0.1, 0.15) is 5.71 Å². The highest BCUT2D eigenvalue weighted by atomic mass is 19.4. The number of nitrogens with one attached hydrogen (secondary N) is 1. The van der Waals surface area contributed by atoms with E-state index in [1.54, 1.807) is 13.0 Å². The molecular formula is C16H15F5N2O. The molecule has 0 saturated carbocycles. The summed E-state index contributed by atoms with van der Waals surface area (Å²) in [5, 5.41) is 2.48. The van der Waals surface area contributed by atoms with E-state index in [0.717, 1.165) is 0 Å². The van der Waals surface area contributed by atoms with Crippen molar-refractivity contribution in [3.63, 3.8) is 0 Å². The third kappa shape index (κ3) is 3.63. The fourth-order valence-electron chi connectivity index (χ4n) is 2.16. The Morgan fingerprint density at radius 2 is 1.88 bits per heavy atom. The van der Waals surface area contributed by atoms with Crippen LogP contribution in [-0.4, -0.2) is 30.3 Å². The number of halogens is 5. The first kappa shape index (κ1) is 18.1. The highest BCUT2D eigenvalue weighted by Crippen LogP contribution is 2.40. The molecular weight excluding hydrogens is 331 g/mol. The van der Waals surface area contributed by atoms with Gasteiger partial charge in [-0.3, -0.25) is 9.79 Å². The molecule has 1 aliphatic rings. The van der Waals surface area contributed by atoms with E-state index >= 15 is 0 Å². The summed E-state index contributed by atoms with van der Waals surface area (Å²) in [6.07, 6.45) is -4.76. The molecule has 1 N–H and O–H groups in total. The van der Waals surface area contributed by atoms with Gasteiger partial charge in [-0.1, -0.05) is 25.1 Å². The summed E-state index contributed by atoms with van der Waals surface area (Å²) >= 11 is 0. The molecule has 1 aromatic carbocycles. The average molecular weight is 346 g/mol. The molecule has 1 aliphatic heterocycles. The Labute approximate surface area is 135 Å².